The van der Waals surface area contributed by atoms with Gasteiger partial charge >= 0.3 is 9.05 Å². The highest BCUT2D eigenvalue weighted by molar-refractivity contribution is 6.56. The molecule has 0 amide bonds. The molecule has 0 saturated carbocycles. The van der Waals surface area contributed by atoms with Crippen LogP contribution in [0, 0.1) is 0 Å². The fourth-order valence-electron chi connectivity index (χ4n) is 1.01. The zero-order chi connectivity index (χ0) is 13.7. The number of hydrogen-bond donors (Lipinski definition) is 0. The molecule has 0 aromatic carbocycles. The monoisotopic (exact) mass is 264 g/mol. The van der Waals surface area contributed by atoms with Crippen LogP contribution in [-0.4, -0.2) is 33.2 Å². The molecule has 0 fully saturated rings. The smallest absolute Gasteiger partial charge is 0.445 e. The van der Waals surface area contributed by atoms with Gasteiger partial charge in [-0.2, -0.15) is 0 Å². The van der Waals surface area contributed by atoms with Crippen molar-refractivity contribution in [3.8, 4) is 0 Å². The number of hydrogen-bond acceptors (Lipinski definition) is 6. The molecule has 7 heteroatoms. The first-order chi connectivity index (χ1) is 7.54. The van der Waals surface area contributed by atoms with E-state index in [1.165, 1.54) is 0 Å². The molecule has 0 atom stereocenters. The summed E-state index contributed by atoms with van der Waals surface area (Å²) >= 11 is 0. The van der Waals surface area contributed by atoms with Crippen LogP contribution in [0.4, 0.5) is 0 Å². The largest absolute Gasteiger partial charge is 0.825 e. The van der Waals surface area contributed by atoms with Crippen molar-refractivity contribution < 1.29 is 27.3 Å². The Balaban J connectivity index is 5.10. The van der Waals surface area contributed by atoms with Crippen LogP contribution in [0.5, 0.6) is 0 Å². The Hall–Kier alpha value is -0.923. The Morgan fingerprint density at radius 2 is 1.06 bits per heavy atom. The summed E-state index contributed by atoms with van der Waals surface area (Å²) in [4.78, 5) is 21.0. The van der Waals surface area contributed by atoms with Gasteiger partial charge in [0, 0.05) is 0 Å². The molecule has 0 heterocycles. The number of rotatable bonds is 6. The van der Waals surface area contributed by atoms with Crippen molar-refractivity contribution in [1.82, 2.24) is 0 Å². The van der Waals surface area contributed by atoms with Crippen molar-refractivity contribution in [3.05, 3.63) is 0 Å². The lowest BCUT2D eigenvalue weighted by Gasteiger charge is -2.34. The molecule has 0 unspecified atom stereocenters. The second kappa shape index (κ2) is 5.61. The molecule has 17 heavy (non-hydrogen) atoms. The van der Waals surface area contributed by atoms with Crippen LogP contribution in [0.25, 0.3) is 0 Å². The molecule has 0 aliphatic carbocycles. The number of carbonyl (C=O) groups is 2. The molecule has 0 radical (unpaired) electrons. The van der Waals surface area contributed by atoms with Crippen LogP contribution in [0.1, 0.15) is 41.5 Å². The third-order valence-electron chi connectivity index (χ3n) is 1.25. The average Bonchev–Trinajstić information content (AvgIpc) is 1.96. The molecular weight excluding hydrogens is 244 g/mol. The van der Waals surface area contributed by atoms with Crippen LogP contribution in [0.2, 0.25) is 0 Å². The molecule has 100 valence electrons. The summed E-state index contributed by atoms with van der Waals surface area (Å²) in [6.45, 7) is 10.8. The Kier molecular flexibility index (Phi) is 5.31. The summed E-state index contributed by atoms with van der Waals surface area (Å²) in [7, 11) is -3.80. The van der Waals surface area contributed by atoms with E-state index in [0.29, 0.717) is 0 Å². The van der Waals surface area contributed by atoms with Gasteiger partial charge in [0.15, 0.2) is 0 Å². The van der Waals surface area contributed by atoms with E-state index in [2.05, 4.69) is 0 Å². The summed E-state index contributed by atoms with van der Waals surface area (Å²) in [5.74, 6) is 0. The maximum atomic E-state index is 10.5. The number of carbonyl (C=O) groups excluding carboxylic acids is 2. The molecule has 0 saturated heterocycles. The average molecular weight is 264 g/mol. The molecule has 0 rings (SSSR count). The predicted octanol–water partition coefficient (Wildman–Crippen LogP) is 1.40. The Morgan fingerprint density at radius 1 is 0.765 bits per heavy atom. The van der Waals surface area contributed by atoms with E-state index in [1.807, 2.05) is 0 Å². The van der Waals surface area contributed by atoms with Gasteiger partial charge in [0.25, 0.3) is 12.9 Å². The topological polar surface area (TPSA) is 71.1 Å². The second-order valence-electron chi connectivity index (χ2n) is 5.36. The first-order valence-electron chi connectivity index (χ1n) is 5.17. The molecule has 0 bridgehead atoms. The summed E-state index contributed by atoms with van der Waals surface area (Å²) in [5, 5.41) is 0. The minimum atomic E-state index is -3.80. The zero-order valence-electron chi connectivity index (χ0n) is 11.1. The maximum Gasteiger partial charge on any atom is 0.825 e. The van der Waals surface area contributed by atoms with E-state index in [-0.39, 0.29) is 12.9 Å². The Bertz CT molecular complexity index is 237. The molecule has 0 aliphatic rings. The van der Waals surface area contributed by atoms with Crippen molar-refractivity contribution in [2.24, 2.45) is 0 Å². The van der Waals surface area contributed by atoms with E-state index >= 15 is 0 Å². The van der Waals surface area contributed by atoms with Crippen molar-refractivity contribution in [3.63, 3.8) is 0 Å². The maximum absolute atomic E-state index is 10.5. The van der Waals surface area contributed by atoms with Crippen LogP contribution in [-0.2, 0) is 27.3 Å². The van der Waals surface area contributed by atoms with Gasteiger partial charge < -0.3 is 17.7 Å². The minimum Gasteiger partial charge on any atom is -0.445 e. The standard InChI is InChI=1S/C10H20O6Si/c1-9(2,3)15-17(13-7-11,14-8-12)16-10(4,5)6/h7-8H,1-6H3. The van der Waals surface area contributed by atoms with Gasteiger partial charge in [-0.25, -0.2) is 0 Å². The van der Waals surface area contributed by atoms with Crippen molar-refractivity contribution in [2.45, 2.75) is 52.7 Å². The van der Waals surface area contributed by atoms with Crippen LogP contribution in [0.3, 0.4) is 0 Å². The van der Waals surface area contributed by atoms with Crippen LogP contribution < -0.4 is 0 Å². The molecular formula is C10H20O6Si. The van der Waals surface area contributed by atoms with Gasteiger partial charge in [0.1, 0.15) is 0 Å². The van der Waals surface area contributed by atoms with Crippen molar-refractivity contribution in [1.29, 1.82) is 0 Å². The first kappa shape index (κ1) is 16.1. The first-order valence-corrected chi connectivity index (χ1v) is 6.80. The predicted molar refractivity (Wildman–Crippen MR) is 61.7 cm³/mol. The van der Waals surface area contributed by atoms with Gasteiger partial charge in [0.05, 0.1) is 11.2 Å². The van der Waals surface area contributed by atoms with E-state index in [4.69, 9.17) is 17.7 Å². The summed E-state index contributed by atoms with van der Waals surface area (Å²) in [6.07, 6.45) is 0. The third kappa shape index (κ3) is 7.08. The van der Waals surface area contributed by atoms with Gasteiger partial charge in [0.2, 0.25) is 0 Å². The lowest BCUT2D eigenvalue weighted by Crippen LogP contribution is -2.56. The van der Waals surface area contributed by atoms with E-state index in [9.17, 15) is 9.59 Å². The molecule has 0 aromatic rings. The normalized spacial score (nSPS) is 13.1. The van der Waals surface area contributed by atoms with Crippen LogP contribution >= 0.6 is 0 Å². The lowest BCUT2D eigenvalue weighted by molar-refractivity contribution is -0.148. The van der Waals surface area contributed by atoms with Gasteiger partial charge in [-0.05, 0) is 41.5 Å². The fourth-order valence-corrected chi connectivity index (χ4v) is 3.04. The highest BCUT2D eigenvalue weighted by Crippen LogP contribution is 2.24. The Morgan fingerprint density at radius 3 is 1.24 bits per heavy atom. The van der Waals surface area contributed by atoms with E-state index in [0.717, 1.165) is 0 Å². The summed E-state index contributed by atoms with van der Waals surface area (Å²) in [5.41, 5.74) is -1.35. The fraction of sp³-hybridized carbons (Fsp3) is 0.800. The zero-order valence-corrected chi connectivity index (χ0v) is 12.1. The second-order valence-corrected chi connectivity index (χ2v) is 7.24. The molecule has 0 N–H and O–H groups in total. The highest BCUT2D eigenvalue weighted by atomic mass is 28.4. The van der Waals surface area contributed by atoms with E-state index < -0.39 is 20.3 Å². The van der Waals surface area contributed by atoms with Crippen molar-refractivity contribution in [2.75, 3.05) is 0 Å². The Labute approximate surface area is 103 Å². The lowest BCUT2D eigenvalue weighted by atomic mass is 10.2. The quantitative estimate of drug-likeness (QED) is 0.533. The molecule has 0 aliphatic heterocycles. The molecule has 6 nitrogen and oxygen atoms in total. The minimum absolute atomic E-state index is 0.160. The van der Waals surface area contributed by atoms with Gasteiger partial charge in [-0.3, -0.25) is 9.59 Å². The molecule has 0 spiro atoms. The third-order valence-corrected chi connectivity index (χ3v) is 3.74. The van der Waals surface area contributed by atoms with Crippen LogP contribution in [0.15, 0.2) is 0 Å². The molecule has 0 aromatic heterocycles. The summed E-state index contributed by atoms with van der Waals surface area (Å²) < 4.78 is 20.5. The summed E-state index contributed by atoms with van der Waals surface area (Å²) in [6, 6.07) is 0. The van der Waals surface area contributed by atoms with Crippen molar-refractivity contribution >= 4 is 22.0 Å². The SMILES string of the molecule is CC(C)(C)O[Si](OC=O)(OC=O)OC(C)(C)C. The van der Waals surface area contributed by atoms with E-state index in [1.54, 1.807) is 41.5 Å². The highest BCUT2D eigenvalue weighted by Gasteiger charge is 2.56. The van der Waals surface area contributed by atoms with Gasteiger partial charge in [-0.1, -0.05) is 0 Å². The van der Waals surface area contributed by atoms with Gasteiger partial charge in [-0.15, -0.1) is 0 Å².